The minimum atomic E-state index is 0.541. The van der Waals surface area contributed by atoms with Crippen LogP contribution >= 0.6 is 22.6 Å². The van der Waals surface area contributed by atoms with Crippen molar-refractivity contribution >= 4 is 28.3 Å². The average Bonchev–Trinajstić information content (AvgIpc) is 2.32. The maximum atomic E-state index is 8.82. The highest BCUT2D eigenvalue weighted by Crippen LogP contribution is 2.30. The fourth-order valence-electron chi connectivity index (χ4n) is 1.56. The predicted molar refractivity (Wildman–Crippen MR) is 77.9 cm³/mol. The van der Waals surface area contributed by atoms with E-state index in [1.165, 1.54) is 0 Å². The van der Waals surface area contributed by atoms with Gasteiger partial charge in [-0.3, -0.25) is 0 Å². The van der Waals surface area contributed by atoms with Crippen LogP contribution in [0, 0.1) is 20.8 Å². The number of hydrogen-bond acceptors (Lipinski definition) is 3. The van der Waals surface area contributed by atoms with E-state index in [0.29, 0.717) is 29.5 Å². The first-order valence-electron chi connectivity index (χ1n) is 5.74. The second-order valence-electron chi connectivity index (χ2n) is 3.98. The molecular weight excluding hydrogens is 327 g/mol. The molecule has 3 nitrogen and oxygen atoms in total. The lowest BCUT2D eigenvalue weighted by Crippen LogP contribution is -2.11. The maximum Gasteiger partial charge on any atom is 0.155 e. The molecule has 4 heteroatoms. The molecular formula is C13H17IN2O. The Morgan fingerprint density at radius 2 is 2.06 bits per heavy atom. The molecule has 1 rings (SSSR count). The van der Waals surface area contributed by atoms with E-state index in [-0.39, 0.29) is 0 Å². The van der Waals surface area contributed by atoms with Crippen LogP contribution in [0.5, 0.6) is 5.75 Å². The molecule has 1 aromatic carbocycles. The van der Waals surface area contributed by atoms with Gasteiger partial charge in [0, 0.05) is 0 Å². The van der Waals surface area contributed by atoms with Crippen molar-refractivity contribution in [2.24, 2.45) is 5.92 Å². The van der Waals surface area contributed by atoms with Crippen LogP contribution in [0.2, 0.25) is 0 Å². The minimum Gasteiger partial charge on any atom is -0.490 e. The molecule has 1 aromatic rings. The summed E-state index contributed by atoms with van der Waals surface area (Å²) in [5, 5.41) is 8.82. The zero-order valence-electron chi connectivity index (χ0n) is 10.2. The highest BCUT2D eigenvalue weighted by molar-refractivity contribution is 14.1. The van der Waals surface area contributed by atoms with Crippen LogP contribution in [0.4, 0.5) is 5.69 Å². The van der Waals surface area contributed by atoms with Crippen molar-refractivity contribution < 1.29 is 4.74 Å². The number of hydrogen-bond donors (Lipinski definition) is 1. The molecule has 0 amide bonds. The molecule has 0 bridgehead atoms. The number of nitriles is 1. The minimum absolute atomic E-state index is 0.541. The molecule has 92 valence electrons. The third kappa shape index (κ3) is 3.77. The van der Waals surface area contributed by atoms with Gasteiger partial charge < -0.3 is 10.5 Å². The lowest BCUT2D eigenvalue weighted by molar-refractivity contribution is 0.240. The summed E-state index contributed by atoms with van der Waals surface area (Å²) < 4.78 is 6.66. The van der Waals surface area contributed by atoms with E-state index in [0.717, 1.165) is 16.4 Å². The summed E-state index contributed by atoms with van der Waals surface area (Å²) in [5.74, 6) is 1.26. The van der Waals surface area contributed by atoms with Crippen LogP contribution in [0.25, 0.3) is 0 Å². The second kappa shape index (κ2) is 6.70. The van der Waals surface area contributed by atoms with E-state index in [1.807, 2.05) is 0 Å². The highest BCUT2D eigenvalue weighted by Gasteiger charge is 2.11. The molecule has 0 aliphatic rings. The average molecular weight is 344 g/mol. The zero-order valence-corrected chi connectivity index (χ0v) is 12.3. The smallest absolute Gasteiger partial charge is 0.155 e. The first-order chi connectivity index (χ1) is 8.12. The van der Waals surface area contributed by atoms with Crippen LogP contribution in [0.15, 0.2) is 12.1 Å². The van der Waals surface area contributed by atoms with Crippen molar-refractivity contribution in [3.63, 3.8) is 0 Å². The number of nitrogens with two attached hydrogens (primary N) is 1. The molecule has 0 saturated heterocycles. The van der Waals surface area contributed by atoms with Gasteiger partial charge in [0.2, 0.25) is 0 Å². The third-order valence-corrected chi connectivity index (χ3v) is 3.62. The Labute approximate surface area is 116 Å². The van der Waals surface area contributed by atoms with Crippen LogP contribution in [0.1, 0.15) is 32.3 Å². The number of nitrogens with zero attached hydrogens (tertiary/aromatic N) is 1. The number of benzene rings is 1. The normalized spacial score (nSPS) is 10.3. The Morgan fingerprint density at radius 1 is 1.41 bits per heavy atom. The summed E-state index contributed by atoms with van der Waals surface area (Å²) in [6.45, 7) is 4.99. The van der Waals surface area contributed by atoms with E-state index in [2.05, 4.69) is 42.5 Å². The SMILES string of the molecule is CCC(CC)COc1c(N)cc(C#N)cc1I. The Balaban J connectivity index is 2.82. The van der Waals surface area contributed by atoms with Gasteiger partial charge in [-0.15, -0.1) is 0 Å². The summed E-state index contributed by atoms with van der Waals surface area (Å²) in [4.78, 5) is 0. The van der Waals surface area contributed by atoms with Crippen molar-refractivity contribution in [1.29, 1.82) is 5.26 Å². The van der Waals surface area contributed by atoms with Gasteiger partial charge in [-0.05, 0) is 40.6 Å². The van der Waals surface area contributed by atoms with E-state index in [1.54, 1.807) is 12.1 Å². The van der Waals surface area contributed by atoms with Gasteiger partial charge in [-0.25, -0.2) is 0 Å². The van der Waals surface area contributed by atoms with Crippen molar-refractivity contribution in [3.05, 3.63) is 21.3 Å². The lowest BCUT2D eigenvalue weighted by Gasteiger charge is -2.16. The summed E-state index contributed by atoms with van der Waals surface area (Å²) in [5.41, 5.74) is 7.00. The highest BCUT2D eigenvalue weighted by atomic mass is 127. The number of anilines is 1. The first kappa shape index (κ1) is 14.1. The van der Waals surface area contributed by atoms with Gasteiger partial charge in [-0.1, -0.05) is 26.7 Å². The monoisotopic (exact) mass is 344 g/mol. The van der Waals surface area contributed by atoms with Gasteiger partial charge in [-0.2, -0.15) is 5.26 Å². The van der Waals surface area contributed by atoms with Gasteiger partial charge >= 0.3 is 0 Å². The quantitative estimate of drug-likeness (QED) is 0.656. The largest absolute Gasteiger partial charge is 0.490 e. The predicted octanol–water partition coefficient (Wildman–Crippen LogP) is 3.56. The molecule has 2 N–H and O–H groups in total. The molecule has 0 aliphatic carbocycles. The summed E-state index contributed by atoms with van der Waals surface area (Å²) in [7, 11) is 0. The molecule has 0 aliphatic heterocycles. The number of halogens is 1. The van der Waals surface area contributed by atoms with Crippen molar-refractivity contribution in [2.75, 3.05) is 12.3 Å². The number of rotatable bonds is 5. The Morgan fingerprint density at radius 3 is 2.53 bits per heavy atom. The fraction of sp³-hybridized carbons (Fsp3) is 0.462. The molecule has 0 radical (unpaired) electrons. The first-order valence-corrected chi connectivity index (χ1v) is 6.82. The molecule has 0 spiro atoms. The molecule has 0 saturated carbocycles. The van der Waals surface area contributed by atoms with Crippen molar-refractivity contribution in [2.45, 2.75) is 26.7 Å². The molecule has 0 atom stereocenters. The van der Waals surface area contributed by atoms with Gasteiger partial charge in [0.05, 0.1) is 27.5 Å². The Hall–Kier alpha value is -0.960. The zero-order chi connectivity index (χ0) is 12.8. The fourth-order valence-corrected chi connectivity index (χ4v) is 2.36. The number of nitrogen functional groups attached to an aromatic ring is 1. The van der Waals surface area contributed by atoms with E-state index >= 15 is 0 Å². The molecule has 0 aromatic heterocycles. The molecule has 17 heavy (non-hydrogen) atoms. The van der Waals surface area contributed by atoms with Crippen molar-refractivity contribution in [3.8, 4) is 11.8 Å². The Kier molecular flexibility index (Phi) is 5.56. The van der Waals surface area contributed by atoms with E-state index in [9.17, 15) is 0 Å². The van der Waals surface area contributed by atoms with Gasteiger partial charge in [0.1, 0.15) is 0 Å². The van der Waals surface area contributed by atoms with E-state index in [4.69, 9.17) is 15.7 Å². The Bertz CT molecular complexity index is 399. The molecule has 0 fully saturated rings. The van der Waals surface area contributed by atoms with Gasteiger partial charge in [0.15, 0.2) is 5.75 Å². The lowest BCUT2D eigenvalue weighted by atomic mass is 10.1. The number of ether oxygens (including phenoxy) is 1. The molecule has 0 heterocycles. The van der Waals surface area contributed by atoms with Crippen LogP contribution in [-0.2, 0) is 0 Å². The summed E-state index contributed by atoms with van der Waals surface area (Å²) in [6.07, 6.45) is 2.20. The van der Waals surface area contributed by atoms with Crippen LogP contribution in [0.3, 0.4) is 0 Å². The third-order valence-electron chi connectivity index (χ3n) is 2.82. The topological polar surface area (TPSA) is 59.0 Å². The van der Waals surface area contributed by atoms with Crippen LogP contribution in [-0.4, -0.2) is 6.61 Å². The summed E-state index contributed by atoms with van der Waals surface area (Å²) >= 11 is 2.15. The van der Waals surface area contributed by atoms with Crippen molar-refractivity contribution in [1.82, 2.24) is 0 Å². The van der Waals surface area contributed by atoms with Crippen LogP contribution < -0.4 is 10.5 Å². The maximum absolute atomic E-state index is 8.82. The summed E-state index contributed by atoms with van der Waals surface area (Å²) in [6, 6.07) is 5.53. The second-order valence-corrected chi connectivity index (χ2v) is 5.14. The standard InChI is InChI=1S/C13H17IN2O/c1-3-9(4-2)8-17-13-11(14)5-10(7-15)6-12(13)16/h5-6,9H,3-4,8,16H2,1-2H3. The van der Waals surface area contributed by atoms with Gasteiger partial charge in [0.25, 0.3) is 0 Å². The van der Waals surface area contributed by atoms with E-state index < -0.39 is 0 Å². The molecule has 0 unspecified atom stereocenters.